The molecule has 2 heterocycles. The number of ether oxygens (including phenoxy) is 2. The number of piperidine rings is 1. The molecule has 0 spiro atoms. The van der Waals surface area contributed by atoms with Gasteiger partial charge in [-0.05, 0) is 49.0 Å². The van der Waals surface area contributed by atoms with Crippen molar-refractivity contribution < 1.29 is 9.47 Å². The van der Waals surface area contributed by atoms with E-state index >= 15 is 0 Å². The molecule has 3 heteroatoms. The predicted octanol–water partition coefficient (Wildman–Crippen LogP) is 2.06. The van der Waals surface area contributed by atoms with Crippen LogP contribution < -0.4 is 14.8 Å². The highest BCUT2D eigenvalue weighted by Crippen LogP contribution is 2.39. The standard InChI is InChI=1S/C13H17NO2/c1-13(4-6-14-7-5-13)10-2-3-11-12(8-10)16-9-15-11/h2-3,8,14H,4-7,9H2,1H3. The van der Waals surface area contributed by atoms with Crippen LogP contribution in [0, 0.1) is 0 Å². The van der Waals surface area contributed by atoms with E-state index in [9.17, 15) is 0 Å². The maximum atomic E-state index is 5.44. The Balaban J connectivity index is 1.93. The van der Waals surface area contributed by atoms with Gasteiger partial charge in [0.15, 0.2) is 11.5 Å². The number of fused-ring (bicyclic) bond motifs is 1. The van der Waals surface area contributed by atoms with Crippen molar-refractivity contribution in [3.63, 3.8) is 0 Å². The Morgan fingerprint density at radius 1 is 1.12 bits per heavy atom. The molecular weight excluding hydrogens is 202 g/mol. The van der Waals surface area contributed by atoms with Gasteiger partial charge < -0.3 is 14.8 Å². The van der Waals surface area contributed by atoms with Crippen LogP contribution in [-0.2, 0) is 5.41 Å². The van der Waals surface area contributed by atoms with Crippen LogP contribution >= 0.6 is 0 Å². The van der Waals surface area contributed by atoms with Crippen LogP contribution in [0.1, 0.15) is 25.3 Å². The molecule has 0 aliphatic carbocycles. The zero-order valence-corrected chi connectivity index (χ0v) is 9.58. The Morgan fingerprint density at radius 3 is 2.69 bits per heavy atom. The number of benzene rings is 1. The lowest BCUT2D eigenvalue weighted by Gasteiger charge is -2.34. The number of nitrogens with one attached hydrogen (secondary N) is 1. The van der Waals surface area contributed by atoms with E-state index in [0.717, 1.165) is 24.6 Å². The van der Waals surface area contributed by atoms with Crippen molar-refractivity contribution in [3.05, 3.63) is 23.8 Å². The molecule has 1 fully saturated rings. The van der Waals surface area contributed by atoms with Gasteiger partial charge in [-0.15, -0.1) is 0 Å². The van der Waals surface area contributed by atoms with E-state index < -0.39 is 0 Å². The van der Waals surface area contributed by atoms with Gasteiger partial charge >= 0.3 is 0 Å². The van der Waals surface area contributed by atoms with Gasteiger partial charge in [0.1, 0.15) is 0 Å². The highest BCUT2D eigenvalue weighted by molar-refractivity contribution is 5.46. The topological polar surface area (TPSA) is 30.5 Å². The molecule has 0 aromatic heterocycles. The van der Waals surface area contributed by atoms with Crippen molar-refractivity contribution in [3.8, 4) is 11.5 Å². The first kappa shape index (κ1) is 9.97. The Hall–Kier alpha value is -1.22. The van der Waals surface area contributed by atoms with E-state index in [-0.39, 0.29) is 5.41 Å². The fraction of sp³-hybridized carbons (Fsp3) is 0.538. The van der Waals surface area contributed by atoms with Crippen LogP contribution in [-0.4, -0.2) is 19.9 Å². The normalized spacial score (nSPS) is 22.1. The Morgan fingerprint density at radius 2 is 1.88 bits per heavy atom. The first-order valence-electron chi connectivity index (χ1n) is 5.89. The lowest BCUT2D eigenvalue weighted by atomic mass is 9.75. The summed E-state index contributed by atoms with van der Waals surface area (Å²) >= 11 is 0. The van der Waals surface area contributed by atoms with Gasteiger partial charge in [-0.3, -0.25) is 0 Å². The first-order chi connectivity index (χ1) is 7.78. The molecule has 0 atom stereocenters. The van der Waals surface area contributed by atoms with Crippen molar-refractivity contribution in [2.45, 2.75) is 25.2 Å². The molecule has 2 aliphatic rings. The van der Waals surface area contributed by atoms with E-state index in [2.05, 4.69) is 24.4 Å². The lowest BCUT2D eigenvalue weighted by Crippen LogP contribution is -2.37. The second-order valence-corrected chi connectivity index (χ2v) is 4.88. The van der Waals surface area contributed by atoms with Gasteiger partial charge in [-0.1, -0.05) is 13.0 Å². The summed E-state index contributed by atoms with van der Waals surface area (Å²) in [4.78, 5) is 0. The molecule has 0 radical (unpaired) electrons. The van der Waals surface area contributed by atoms with Crippen molar-refractivity contribution in [1.29, 1.82) is 0 Å². The summed E-state index contributed by atoms with van der Waals surface area (Å²) in [5, 5.41) is 3.41. The van der Waals surface area contributed by atoms with E-state index in [1.54, 1.807) is 0 Å². The Kier molecular flexibility index (Phi) is 2.28. The van der Waals surface area contributed by atoms with Crippen LogP contribution in [0.3, 0.4) is 0 Å². The highest BCUT2D eigenvalue weighted by atomic mass is 16.7. The smallest absolute Gasteiger partial charge is 0.231 e. The third kappa shape index (κ3) is 1.55. The molecule has 0 bridgehead atoms. The first-order valence-corrected chi connectivity index (χ1v) is 5.89. The minimum atomic E-state index is 0.284. The van der Waals surface area contributed by atoms with Crippen LogP contribution in [0.4, 0.5) is 0 Å². The molecule has 2 aliphatic heterocycles. The van der Waals surface area contributed by atoms with Gasteiger partial charge in [0, 0.05) is 0 Å². The number of hydrogen-bond donors (Lipinski definition) is 1. The van der Waals surface area contributed by atoms with Gasteiger partial charge in [0.25, 0.3) is 0 Å². The SMILES string of the molecule is CC1(c2ccc3c(c2)OCO3)CCNCC1. The molecule has 1 saturated heterocycles. The molecule has 1 aromatic rings. The lowest BCUT2D eigenvalue weighted by molar-refractivity contribution is 0.174. The van der Waals surface area contributed by atoms with E-state index in [4.69, 9.17) is 9.47 Å². The Bertz CT molecular complexity index is 397. The third-order valence-corrected chi connectivity index (χ3v) is 3.78. The van der Waals surface area contributed by atoms with Crippen LogP contribution in [0.5, 0.6) is 11.5 Å². The largest absolute Gasteiger partial charge is 0.454 e. The van der Waals surface area contributed by atoms with Crippen LogP contribution in [0.2, 0.25) is 0 Å². The summed E-state index contributed by atoms with van der Waals surface area (Å²) in [6.45, 7) is 4.90. The molecule has 86 valence electrons. The van der Waals surface area contributed by atoms with Crippen molar-refractivity contribution >= 4 is 0 Å². The number of rotatable bonds is 1. The fourth-order valence-electron chi connectivity index (χ4n) is 2.54. The summed E-state index contributed by atoms with van der Waals surface area (Å²) in [7, 11) is 0. The van der Waals surface area contributed by atoms with Gasteiger partial charge in [-0.2, -0.15) is 0 Å². The molecule has 0 unspecified atom stereocenters. The van der Waals surface area contributed by atoms with Crippen molar-refractivity contribution in [2.75, 3.05) is 19.9 Å². The van der Waals surface area contributed by atoms with E-state index in [1.165, 1.54) is 18.4 Å². The second kappa shape index (κ2) is 3.67. The summed E-state index contributed by atoms with van der Waals surface area (Å²) in [5.41, 5.74) is 1.66. The van der Waals surface area contributed by atoms with Gasteiger partial charge in [0.05, 0.1) is 0 Å². The molecule has 0 saturated carbocycles. The summed E-state index contributed by atoms with van der Waals surface area (Å²) in [6, 6.07) is 6.36. The maximum Gasteiger partial charge on any atom is 0.231 e. The predicted molar refractivity (Wildman–Crippen MR) is 62.0 cm³/mol. The van der Waals surface area contributed by atoms with Crippen LogP contribution in [0.15, 0.2) is 18.2 Å². The van der Waals surface area contributed by atoms with Crippen molar-refractivity contribution in [2.24, 2.45) is 0 Å². The molecule has 16 heavy (non-hydrogen) atoms. The molecule has 1 N–H and O–H groups in total. The summed E-state index contributed by atoms with van der Waals surface area (Å²) < 4.78 is 10.8. The fourth-order valence-corrected chi connectivity index (χ4v) is 2.54. The zero-order valence-electron chi connectivity index (χ0n) is 9.58. The third-order valence-electron chi connectivity index (χ3n) is 3.78. The zero-order chi connectivity index (χ0) is 11.0. The highest BCUT2D eigenvalue weighted by Gasteiger charge is 2.30. The summed E-state index contributed by atoms with van der Waals surface area (Å²) in [6.07, 6.45) is 2.37. The van der Waals surface area contributed by atoms with Crippen molar-refractivity contribution in [1.82, 2.24) is 5.32 Å². The minimum Gasteiger partial charge on any atom is -0.454 e. The average Bonchev–Trinajstić information content (AvgIpc) is 2.77. The molecule has 3 rings (SSSR count). The second-order valence-electron chi connectivity index (χ2n) is 4.88. The molecule has 0 amide bonds. The molecule has 1 aromatic carbocycles. The number of hydrogen-bond acceptors (Lipinski definition) is 3. The van der Waals surface area contributed by atoms with E-state index in [0.29, 0.717) is 6.79 Å². The van der Waals surface area contributed by atoms with Crippen LogP contribution in [0.25, 0.3) is 0 Å². The molecular formula is C13H17NO2. The maximum absolute atomic E-state index is 5.44. The average molecular weight is 219 g/mol. The van der Waals surface area contributed by atoms with E-state index in [1.807, 2.05) is 6.07 Å². The van der Waals surface area contributed by atoms with Gasteiger partial charge in [0.2, 0.25) is 6.79 Å². The quantitative estimate of drug-likeness (QED) is 0.784. The Labute approximate surface area is 95.8 Å². The monoisotopic (exact) mass is 219 g/mol. The minimum absolute atomic E-state index is 0.284. The van der Waals surface area contributed by atoms with Gasteiger partial charge in [-0.25, -0.2) is 0 Å². The molecule has 3 nitrogen and oxygen atoms in total. The summed E-state index contributed by atoms with van der Waals surface area (Å²) in [5.74, 6) is 1.78.